The van der Waals surface area contributed by atoms with Crippen LogP contribution in [0.4, 0.5) is 5.69 Å². The lowest BCUT2D eigenvalue weighted by Crippen LogP contribution is -2.28. The first-order valence-corrected chi connectivity index (χ1v) is 12.0. The number of amides is 1. The van der Waals surface area contributed by atoms with Crippen molar-refractivity contribution in [1.82, 2.24) is 10.2 Å². The summed E-state index contributed by atoms with van der Waals surface area (Å²) in [6.45, 7) is 4.20. The average Bonchev–Trinajstić information content (AvgIpc) is 2.79. The molecular formula is C25H29N3O3S. The van der Waals surface area contributed by atoms with Crippen molar-refractivity contribution in [3.8, 4) is 0 Å². The van der Waals surface area contributed by atoms with Crippen molar-refractivity contribution in [1.29, 1.82) is 0 Å². The highest BCUT2D eigenvalue weighted by molar-refractivity contribution is 7.92. The number of benzene rings is 3. The average molecular weight is 452 g/mol. The topological polar surface area (TPSA) is 78.5 Å². The van der Waals surface area contributed by atoms with Crippen LogP contribution in [0.5, 0.6) is 0 Å². The lowest BCUT2D eigenvalue weighted by molar-refractivity contribution is 0.0951. The van der Waals surface area contributed by atoms with Crippen LogP contribution in [0, 0.1) is 6.92 Å². The number of aryl methyl sites for hydroxylation is 1. The van der Waals surface area contributed by atoms with Gasteiger partial charge in [0.15, 0.2) is 0 Å². The molecule has 0 spiro atoms. The molecule has 0 aromatic heterocycles. The summed E-state index contributed by atoms with van der Waals surface area (Å²) in [7, 11) is -1.66. The summed E-state index contributed by atoms with van der Waals surface area (Å²) in [6.07, 6.45) is 0.821. The number of nitrogens with zero attached hydrogens (tertiary/aromatic N) is 1. The van der Waals surface area contributed by atoms with E-state index in [2.05, 4.69) is 34.1 Å². The van der Waals surface area contributed by atoms with Crippen molar-refractivity contribution in [3.05, 3.63) is 95.6 Å². The molecule has 2 N–H and O–H groups in total. The number of hydrogen-bond donors (Lipinski definition) is 2. The van der Waals surface area contributed by atoms with Crippen molar-refractivity contribution < 1.29 is 13.2 Å². The second kappa shape index (κ2) is 10.9. The summed E-state index contributed by atoms with van der Waals surface area (Å²) in [4.78, 5) is 14.7. The minimum atomic E-state index is -3.71. The highest BCUT2D eigenvalue weighted by atomic mass is 32.2. The maximum absolute atomic E-state index is 12.6. The molecule has 7 heteroatoms. The molecular weight excluding hydrogens is 422 g/mol. The van der Waals surface area contributed by atoms with Crippen molar-refractivity contribution in [3.63, 3.8) is 0 Å². The number of nitrogens with one attached hydrogen (secondary N) is 2. The maximum atomic E-state index is 12.6. The third-order valence-corrected chi connectivity index (χ3v) is 6.43. The van der Waals surface area contributed by atoms with Gasteiger partial charge in [-0.3, -0.25) is 9.52 Å². The van der Waals surface area contributed by atoms with Crippen molar-refractivity contribution in [2.75, 3.05) is 24.9 Å². The van der Waals surface area contributed by atoms with Crippen LogP contribution < -0.4 is 10.0 Å². The van der Waals surface area contributed by atoms with E-state index in [1.54, 1.807) is 12.1 Å². The van der Waals surface area contributed by atoms with E-state index in [0.717, 1.165) is 25.1 Å². The summed E-state index contributed by atoms with van der Waals surface area (Å²) in [6, 6.07) is 23.3. The zero-order chi connectivity index (χ0) is 23.0. The van der Waals surface area contributed by atoms with Crippen molar-refractivity contribution in [2.45, 2.75) is 24.8 Å². The Balaban J connectivity index is 1.46. The maximum Gasteiger partial charge on any atom is 0.261 e. The molecule has 0 aliphatic carbocycles. The van der Waals surface area contributed by atoms with Crippen LogP contribution in [0.15, 0.2) is 83.8 Å². The molecule has 3 aromatic rings. The van der Waals surface area contributed by atoms with Crippen LogP contribution in [0.3, 0.4) is 0 Å². The molecule has 0 radical (unpaired) electrons. The van der Waals surface area contributed by atoms with Crippen LogP contribution in [-0.4, -0.2) is 39.4 Å². The van der Waals surface area contributed by atoms with E-state index in [9.17, 15) is 13.2 Å². The summed E-state index contributed by atoms with van der Waals surface area (Å²) in [5, 5.41) is 2.89. The number of rotatable bonds is 10. The van der Waals surface area contributed by atoms with Gasteiger partial charge >= 0.3 is 0 Å². The standard InChI is InChI=1S/C25H29N3O3S/c1-20-9-13-23(14-10-20)27-32(30,31)24-15-11-22(12-16-24)25(29)26-17-6-18-28(2)19-21-7-4-3-5-8-21/h3-5,7-16,27H,6,17-19H2,1-2H3,(H,26,29). The molecule has 0 fully saturated rings. The second-order valence-electron chi connectivity index (χ2n) is 7.83. The molecule has 0 unspecified atom stereocenters. The van der Waals surface area contributed by atoms with Gasteiger partial charge in [0, 0.05) is 24.3 Å². The lowest BCUT2D eigenvalue weighted by Gasteiger charge is -2.16. The molecule has 6 nitrogen and oxygen atoms in total. The zero-order valence-electron chi connectivity index (χ0n) is 18.4. The van der Waals surface area contributed by atoms with Crippen LogP contribution >= 0.6 is 0 Å². The van der Waals surface area contributed by atoms with Gasteiger partial charge in [-0.25, -0.2) is 8.42 Å². The van der Waals surface area contributed by atoms with E-state index in [4.69, 9.17) is 0 Å². The fraction of sp³-hybridized carbons (Fsp3) is 0.240. The number of hydrogen-bond acceptors (Lipinski definition) is 4. The Morgan fingerprint density at radius 1 is 0.906 bits per heavy atom. The molecule has 0 aliphatic heterocycles. The molecule has 0 heterocycles. The summed E-state index contributed by atoms with van der Waals surface area (Å²) >= 11 is 0. The molecule has 0 saturated carbocycles. The molecule has 0 aliphatic rings. The van der Waals surface area contributed by atoms with E-state index in [-0.39, 0.29) is 10.8 Å². The van der Waals surface area contributed by atoms with E-state index >= 15 is 0 Å². The summed E-state index contributed by atoms with van der Waals surface area (Å²) in [5.74, 6) is -0.217. The molecule has 0 atom stereocenters. The number of carbonyl (C=O) groups is 1. The van der Waals surface area contributed by atoms with Gasteiger partial charge in [-0.15, -0.1) is 0 Å². The minimum absolute atomic E-state index is 0.108. The van der Waals surface area contributed by atoms with Gasteiger partial charge in [-0.2, -0.15) is 0 Å². The van der Waals surface area contributed by atoms with Crippen molar-refractivity contribution in [2.24, 2.45) is 0 Å². The Kier molecular flexibility index (Phi) is 8.03. The van der Waals surface area contributed by atoms with Gasteiger partial charge in [-0.1, -0.05) is 48.0 Å². The summed E-state index contributed by atoms with van der Waals surface area (Å²) < 4.78 is 27.7. The smallest absolute Gasteiger partial charge is 0.261 e. The third-order valence-electron chi connectivity index (χ3n) is 5.03. The molecule has 3 aromatic carbocycles. The Hall–Kier alpha value is -3.16. The first-order chi connectivity index (χ1) is 15.3. The van der Waals surface area contributed by atoms with E-state index in [1.807, 2.05) is 37.3 Å². The Labute approximate surface area is 190 Å². The second-order valence-corrected chi connectivity index (χ2v) is 9.51. The molecule has 32 heavy (non-hydrogen) atoms. The van der Waals surface area contributed by atoms with E-state index in [1.165, 1.54) is 29.8 Å². The van der Waals surface area contributed by atoms with Crippen molar-refractivity contribution >= 4 is 21.6 Å². The fourth-order valence-electron chi connectivity index (χ4n) is 3.25. The molecule has 0 saturated heterocycles. The quantitative estimate of drug-likeness (QED) is 0.456. The van der Waals surface area contributed by atoms with Gasteiger partial charge in [0.2, 0.25) is 0 Å². The van der Waals surface area contributed by atoms with Gasteiger partial charge < -0.3 is 10.2 Å². The Bertz CT molecular complexity index is 1110. The summed E-state index contributed by atoms with van der Waals surface area (Å²) in [5.41, 5.74) is 3.23. The number of carbonyl (C=O) groups excluding carboxylic acids is 1. The van der Waals surface area contributed by atoms with Gasteiger partial charge in [0.05, 0.1) is 4.90 Å². The van der Waals surface area contributed by atoms with Crippen LogP contribution in [0.2, 0.25) is 0 Å². The van der Waals surface area contributed by atoms with Gasteiger partial charge in [0.25, 0.3) is 15.9 Å². The normalized spacial score (nSPS) is 11.3. The number of sulfonamides is 1. The predicted octanol–water partition coefficient (Wildman–Crippen LogP) is 4.05. The Morgan fingerprint density at radius 2 is 1.56 bits per heavy atom. The van der Waals surface area contributed by atoms with Gasteiger partial charge in [0.1, 0.15) is 0 Å². The zero-order valence-corrected chi connectivity index (χ0v) is 19.2. The van der Waals surface area contributed by atoms with Crippen LogP contribution in [-0.2, 0) is 16.6 Å². The minimum Gasteiger partial charge on any atom is -0.352 e. The Morgan fingerprint density at radius 3 is 2.22 bits per heavy atom. The first kappa shape index (κ1) is 23.5. The number of anilines is 1. The van der Waals surface area contributed by atoms with Gasteiger partial charge in [-0.05, 0) is 68.9 Å². The molecule has 3 rings (SSSR count). The molecule has 168 valence electrons. The first-order valence-electron chi connectivity index (χ1n) is 10.5. The fourth-order valence-corrected chi connectivity index (χ4v) is 4.31. The van der Waals surface area contributed by atoms with Crippen LogP contribution in [0.1, 0.15) is 27.9 Å². The molecule has 0 bridgehead atoms. The lowest BCUT2D eigenvalue weighted by atomic mass is 10.2. The monoisotopic (exact) mass is 451 g/mol. The van der Waals surface area contributed by atoms with E-state index < -0.39 is 10.0 Å². The molecule has 1 amide bonds. The highest BCUT2D eigenvalue weighted by Gasteiger charge is 2.15. The SMILES string of the molecule is Cc1ccc(NS(=O)(=O)c2ccc(C(=O)NCCCN(C)Cc3ccccc3)cc2)cc1. The highest BCUT2D eigenvalue weighted by Crippen LogP contribution is 2.17. The largest absolute Gasteiger partial charge is 0.352 e. The van der Waals surface area contributed by atoms with Crippen LogP contribution in [0.25, 0.3) is 0 Å². The third kappa shape index (κ3) is 6.93. The predicted molar refractivity (Wildman–Crippen MR) is 128 cm³/mol. The van der Waals surface area contributed by atoms with E-state index in [0.29, 0.717) is 17.8 Å².